The number of hydrogen-bond acceptors (Lipinski definition) is 1. The van der Waals surface area contributed by atoms with Gasteiger partial charge in [-0.15, -0.1) is 0 Å². The first-order valence-electron chi connectivity index (χ1n) is 6.59. The molecule has 1 aliphatic rings. The quantitative estimate of drug-likeness (QED) is 0.711. The summed E-state index contributed by atoms with van der Waals surface area (Å²) in [6, 6.07) is 4.56. The van der Waals surface area contributed by atoms with Crippen molar-refractivity contribution >= 4 is 5.78 Å². The second kappa shape index (κ2) is 5.35. The van der Waals surface area contributed by atoms with E-state index in [4.69, 9.17) is 0 Å². The topological polar surface area (TPSA) is 17.1 Å². The highest BCUT2D eigenvalue weighted by atomic mass is 19.4. The fraction of sp³-hybridized carbons (Fsp3) is 0.533. The van der Waals surface area contributed by atoms with E-state index in [1.807, 2.05) is 0 Å². The number of carbonyl (C=O) groups excluding carboxylic acids is 1. The summed E-state index contributed by atoms with van der Waals surface area (Å²) in [4.78, 5) is 12.2. The Morgan fingerprint density at radius 1 is 1.05 bits per heavy atom. The van der Waals surface area contributed by atoms with Crippen molar-refractivity contribution in [3.05, 3.63) is 35.4 Å². The minimum atomic E-state index is -4.35. The third-order valence-electron chi connectivity index (χ3n) is 3.88. The third kappa shape index (κ3) is 3.37. The van der Waals surface area contributed by atoms with Gasteiger partial charge in [0.05, 0.1) is 5.56 Å². The molecule has 1 fully saturated rings. The highest BCUT2D eigenvalue weighted by Gasteiger charge is 2.31. The van der Waals surface area contributed by atoms with Crippen LogP contribution in [0, 0.1) is 11.8 Å². The number of carbonyl (C=O) groups is 1. The number of rotatable bonds is 2. The average Bonchev–Trinajstić information content (AvgIpc) is 2.38. The second-order valence-electron chi connectivity index (χ2n) is 5.40. The summed E-state index contributed by atoms with van der Waals surface area (Å²) in [5.41, 5.74) is -0.311. The van der Waals surface area contributed by atoms with Crippen LogP contribution in [0.15, 0.2) is 24.3 Å². The van der Waals surface area contributed by atoms with E-state index < -0.39 is 11.7 Å². The molecule has 1 aromatic carbocycles. The van der Waals surface area contributed by atoms with E-state index in [1.54, 1.807) is 0 Å². The van der Waals surface area contributed by atoms with E-state index in [-0.39, 0.29) is 11.7 Å². The standard InChI is InChI=1S/C15H17F3O/c1-10-2-4-11(5-3-10)14(19)12-6-8-13(9-7-12)15(16,17)18/h6-11H,2-5H2,1H3. The SMILES string of the molecule is CC1CCC(C(=O)c2ccc(C(F)(F)F)cc2)CC1. The Kier molecular flexibility index (Phi) is 3.97. The van der Waals surface area contributed by atoms with Crippen molar-refractivity contribution in [2.75, 3.05) is 0 Å². The molecular formula is C15H17F3O. The maximum absolute atomic E-state index is 12.4. The van der Waals surface area contributed by atoms with Crippen molar-refractivity contribution in [2.24, 2.45) is 11.8 Å². The van der Waals surface area contributed by atoms with Gasteiger partial charge in [0.25, 0.3) is 0 Å². The van der Waals surface area contributed by atoms with Crippen LogP contribution in [0.2, 0.25) is 0 Å². The van der Waals surface area contributed by atoms with Gasteiger partial charge in [-0.25, -0.2) is 0 Å². The molecule has 0 unspecified atom stereocenters. The summed E-state index contributed by atoms with van der Waals surface area (Å²) < 4.78 is 37.3. The van der Waals surface area contributed by atoms with Crippen LogP contribution in [0.5, 0.6) is 0 Å². The first-order valence-corrected chi connectivity index (χ1v) is 6.59. The molecule has 0 aromatic heterocycles. The lowest BCUT2D eigenvalue weighted by atomic mass is 9.79. The van der Waals surface area contributed by atoms with Crippen LogP contribution in [0.25, 0.3) is 0 Å². The van der Waals surface area contributed by atoms with Gasteiger partial charge in [0, 0.05) is 11.5 Å². The molecule has 1 aliphatic carbocycles. The fourth-order valence-electron chi connectivity index (χ4n) is 2.58. The highest BCUT2D eigenvalue weighted by molar-refractivity contribution is 5.97. The smallest absolute Gasteiger partial charge is 0.294 e. The molecule has 19 heavy (non-hydrogen) atoms. The zero-order valence-corrected chi connectivity index (χ0v) is 10.8. The van der Waals surface area contributed by atoms with E-state index >= 15 is 0 Å². The summed E-state index contributed by atoms with van der Waals surface area (Å²) in [6.45, 7) is 2.17. The zero-order valence-electron chi connectivity index (χ0n) is 10.8. The summed E-state index contributed by atoms with van der Waals surface area (Å²) in [7, 11) is 0. The van der Waals surface area contributed by atoms with Crippen molar-refractivity contribution in [3.63, 3.8) is 0 Å². The first kappa shape index (κ1) is 14.1. The van der Waals surface area contributed by atoms with Crippen LogP contribution in [0.3, 0.4) is 0 Å². The largest absolute Gasteiger partial charge is 0.416 e. The maximum Gasteiger partial charge on any atom is 0.416 e. The highest BCUT2D eigenvalue weighted by Crippen LogP contribution is 2.32. The molecule has 0 atom stereocenters. The predicted octanol–water partition coefficient (Wildman–Crippen LogP) is 4.71. The number of alkyl halides is 3. The molecular weight excluding hydrogens is 253 g/mol. The lowest BCUT2D eigenvalue weighted by Gasteiger charge is -2.25. The number of Topliss-reactive ketones (excluding diaryl/α,β-unsaturated/α-hetero) is 1. The van der Waals surface area contributed by atoms with Crippen molar-refractivity contribution in [2.45, 2.75) is 38.8 Å². The van der Waals surface area contributed by atoms with E-state index in [9.17, 15) is 18.0 Å². The Bertz CT molecular complexity index is 439. The van der Waals surface area contributed by atoms with Gasteiger partial charge in [0.2, 0.25) is 0 Å². The number of ketones is 1. The summed E-state index contributed by atoms with van der Waals surface area (Å²) in [5.74, 6) is 0.616. The van der Waals surface area contributed by atoms with Gasteiger partial charge < -0.3 is 0 Å². The van der Waals surface area contributed by atoms with Gasteiger partial charge in [0.1, 0.15) is 0 Å². The molecule has 0 bridgehead atoms. The van der Waals surface area contributed by atoms with Crippen LogP contribution >= 0.6 is 0 Å². The second-order valence-corrected chi connectivity index (χ2v) is 5.40. The minimum absolute atomic E-state index is 0.0133. The van der Waals surface area contributed by atoms with Crippen LogP contribution in [-0.4, -0.2) is 5.78 Å². The molecule has 1 nitrogen and oxygen atoms in total. The summed E-state index contributed by atoms with van der Waals surface area (Å²) in [5, 5.41) is 0. The average molecular weight is 270 g/mol. The van der Waals surface area contributed by atoms with Crippen LogP contribution in [0.4, 0.5) is 13.2 Å². The van der Waals surface area contributed by atoms with Gasteiger partial charge in [-0.2, -0.15) is 13.2 Å². The normalized spacial score (nSPS) is 24.2. The third-order valence-corrected chi connectivity index (χ3v) is 3.88. The Morgan fingerprint density at radius 3 is 2.05 bits per heavy atom. The van der Waals surface area contributed by atoms with Gasteiger partial charge in [-0.3, -0.25) is 4.79 Å². The molecule has 0 aliphatic heterocycles. The van der Waals surface area contributed by atoms with Gasteiger partial charge in [0.15, 0.2) is 5.78 Å². The molecule has 0 spiro atoms. The molecule has 0 radical (unpaired) electrons. The number of halogens is 3. The van der Waals surface area contributed by atoms with Gasteiger partial charge >= 0.3 is 6.18 Å². The Morgan fingerprint density at radius 2 is 1.58 bits per heavy atom. The molecule has 0 amide bonds. The molecule has 1 saturated carbocycles. The molecule has 2 rings (SSSR count). The van der Waals surface area contributed by atoms with E-state index in [0.29, 0.717) is 11.5 Å². The van der Waals surface area contributed by atoms with E-state index in [2.05, 4.69) is 6.92 Å². The van der Waals surface area contributed by atoms with Gasteiger partial charge in [-0.1, -0.05) is 31.9 Å². The summed E-state index contributed by atoms with van der Waals surface area (Å²) in [6.07, 6.45) is -0.599. The molecule has 0 saturated heterocycles. The molecule has 0 heterocycles. The van der Waals surface area contributed by atoms with Crippen molar-refractivity contribution in [1.29, 1.82) is 0 Å². The van der Waals surface area contributed by atoms with Crippen molar-refractivity contribution in [1.82, 2.24) is 0 Å². The van der Waals surface area contributed by atoms with Crippen molar-refractivity contribution < 1.29 is 18.0 Å². The van der Waals surface area contributed by atoms with E-state index in [0.717, 1.165) is 37.8 Å². The van der Waals surface area contributed by atoms with Crippen LogP contribution < -0.4 is 0 Å². The number of hydrogen-bond donors (Lipinski definition) is 0. The molecule has 1 aromatic rings. The lowest BCUT2D eigenvalue weighted by Crippen LogP contribution is -2.21. The number of benzene rings is 1. The molecule has 104 valence electrons. The predicted molar refractivity (Wildman–Crippen MR) is 66.9 cm³/mol. The van der Waals surface area contributed by atoms with Crippen LogP contribution in [0.1, 0.15) is 48.5 Å². The lowest BCUT2D eigenvalue weighted by molar-refractivity contribution is -0.137. The molecule has 0 N–H and O–H groups in total. The zero-order chi connectivity index (χ0) is 14.0. The maximum atomic E-state index is 12.4. The van der Waals surface area contributed by atoms with Crippen LogP contribution in [-0.2, 0) is 6.18 Å². The van der Waals surface area contributed by atoms with Crippen molar-refractivity contribution in [3.8, 4) is 0 Å². The monoisotopic (exact) mass is 270 g/mol. The Balaban J connectivity index is 2.08. The Labute approximate surface area is 110 Å². The first-order chi connectivity index (χ1) is 8.88. The Hall–Kier alpha value is -1.32. The van der Waals surface area contributed by atoms with E-state index in [1.165, 1.54) is 12.1 Å². The minimum Gasteiger partial charge on any atom is -0.294 e. The summed E-state index contributed by atoms with van der Waals surface area (Å²) >= 11 is 0. The van der Waals surface area contributed by atoms with Gasteiger partial charge in [-0.05, 0) is 30.9 Å². The molecule has 4 heteroatoms. The fourth-order valence-corrected chi connectivity index (χ4v) is 2.58.